The molecule has 1 N–H and O–H groups in total. The average Bonchev–Trinajstić information content (AvgIpc) is 2.75. The van der Waals surface area contributed by atoms with Crippen LogP contribution in [0.15, 0.2) is 77.7 Å². The molecular weight excluding hydrogens is 408 g/mol. The smallest absolute Gasteiger partial charge is 0.264 e. The molecule has 0 aliphatic rings. The second kappa shape index (κ2) is 9.79. The number of anilines is 1. The predicted octanol–water partition coefficient (Wildman–Crippen LogP) is 4.17. The highest BCUT2D eigenvalue weighted by Crippen LogP contribution is 2.28. The van der Waals surface area contributed by atoms with Gasteiger partial charge in [-0.25, -0.2) is 8.42 Å². The fourth-order valence-corrected chi connectivity index (χ4v) is 4.78. The first-order chi connectivity index (χ1) is 14.8. The molecule has 0 saturated carbocycles. The molecule has 1 amide bonds. The van der Waals surface area contributed by atoms with Gasteiger partial charge in [-0.3, -0.25) is 9.10 Å². The van der Waals surface area contributed by atoms with E-state index < -0.39 is 10.0 Å². The monoisotopic (exact) mass is 436 g/mol. The number of benzene rings is 3. The average molecular weight is 437 g/mol. The molecule has 3 aromatic carbocycles. The van der Waals surface area contributed by atoms with Crippen LogP contribution in [0.2, 0.25) is 0 Å². The van der Waals surface area contributed by atoms with E-state index in [1.165, 1.54) is 4.31 Å². The maximum atomic E-state index is 13.5. The van der Waals surface area contributed by atoms with E-state index in [4.69, 9.17) is 0 Å². The molecule has 3 rings (SSSR count). The third-order valence-electron chi connectivity index (χ3n) is 5.11. The Hall–Kier alpha value is -3.12. The van der Waals surface area contributed by atoms with E-state index in [2.05, 4.69) is 5.32 Å². The summed E-state index contributed by atoms with van der Waals surface area (Å²) < 4.78 is 28.2. The van der Waals surface area contributed by atoms with Crippen molar-refractivity contribution < 1.29 is 13.2 Å². The Morgan fingerprint density at radius 1 is 0.871 bits per heavy atom. The molecule has 0 atom stereocenters. The topological polar surface area (TPSA) is 66.5 Å². The summed E-state index contributed by atoms with van der Waals surface area (Å²) in [4.78, 5) is 12.9. The molecule has 0 radical (unpaired) electrons. The lowest BCUT2D eigenvalue weighted by molar-refractivity contribution is -0.119. The van der Waals surface area contributed by atoms with Crippen LogP contribution < -0.4 is 9.62 Å². The van der Waals surface area contributed by atoms with Gasteiger partial charge in [0.2, 0.25) is 5.91 Å². The van der Waals surface area contributed by atoms with Crippen molar-refractivity contribution in [2.45, 2.75) is 32.1 Å². The molecule has 0 fully saturated rings. The quantitative estimate of drug-likeness (QED) is 0.576. The fraction of sp³-hybridized carbons (Fsp3) is 0.240. The molecule has 31 heavy (non-hydrogen) atoms. The Morgan fingerprint density at radius 3 is 2.19 bits per heavy atom. The van der Waals surface area contributed by atoms with Crippen LogP contribution >= 0.6 is 0 Å². The zero-order valence-corrected chi connectivity index (χ0v) is 18.9. The van der Waals surface area contributed by atoms with E-state index in [1.54, 1.807) is 30.3 Å². The molecule has 3 aromatic rings. The van der Waals surface area contributed by atoms with Crippen LogP contribution in [0.1, 0.15) is 22.3 Å². The van der Waals surface area contributed by atoms with Gasteiger partial charge in [-0.2, -0.15) is 0 Å². The number of sulfonamides is 1. The van der Waals surface area contributed by atoms with Crippen molar-refractivity contribution in [3.05, 3.63) is 95.1 Å². The van der Waals surface area contributed by atoms with E-state index in [1.807, 2.05) is 63.2 Å². The summed E-state index contributed by atoms with van der Waals surface area (Å²) in [5.74, 6) is -0.340. The summed E-state index contributed by atoms with van der Waals surface area (Å²) in [5.41, 5.74) is 4.31. The summed E-state index contributed by atoms with van der Waals surface area (Å²) in [6, 6.07) is 22.1. The van der Waals surface area contributed by atoms with Crippen LogP contribution in [-0.2, 0) is 21.2 Å². The van der Waals surface area contributed by atoms with Gasteiger partial charge in [0.05, 0.1) is 10.6 Å². The predicted molar refractivity (Wildman–Crippen MR) is 125 cm³/mol. The van der Waals surface area contributed by atoms with Gasteiger partial charge in [0, 0.05) is 6.54 Å². The molecule has 0 heterocycles. The van der Waals surface area contributed by atoms with E-state index >= 15 is 0 Å². The number of hydrogen-bond donors (Lipinski definition) is 1. The molecule has 0 spiro atoms. The summed E-state index contributed by atoms with van der Waals surface area (Å²) >= 11 is 0. The Morgan fingerprint density at radius 2 is 1.52 bits per heavy atom. The van der Waals surface area contributed by atoms with Crippen molar-refractivity contribution in [1.82, 2.24) is 5.32 Å². The largest absolute Gasteiger partial charge is 0.354 e. The minimum atomic E-state index is -3.91. The van der Waals surface area contributed by atoms with Crippen molar-refractivity contribution in [3.8, 4) is 0 Å². The summed E-state index contributed by atoms with van der Waals surface area (Å²) in [6.45, 7) is 5.81. The van der Waals surface area contributed by atoms with Gasteiger partial charge in [-0.15, -0.1) is 0 Å². The molecule has 0 aromatic heterocycles. The number of amides is 1. The van der Waals surface area contributed by atoms with Crippen molar-refractivity contribution >= 4 is 21.6 Å². The maximum absolute atomic E-state index is 13.5. The van der Waals surface area contributed by atoms with Crippen LogP contribution in [0, 0.1) is 20.8 Å². The van der Waals surface area contributed by atoms with E-state index in [-0.39, 0.29) is 17.3 Å². The van der Waals surface area contributed by atoms with E-state index in [0.29, 0.717) is 18.7 Å². The zero-order chi connectivity index (χ0) is 22.4. The maximum Gasteiger partial charge on any atom is 0.264 e. The van der Waals surface area contributed by atoms with Gasteiger partial charge in [0.15, 0.2) is 0 Å². The normalized spacial score (nSPS) is 11.2. The number of carbonyl (C=O) groups is 1. The Bertz CT molecular complexity index is 1140. The Balaban J connectivity index is 1.84. The highest BCUT2D eigenvalue weighted by atomic mass is 32.2. The standard InChI is InChI=1S/C25H28N2O3S/c1-19-10-13-23(14-11-19)31(29,30)27(24-17-20(2)9-12-21(24)3)18-25(28)26-16-15-22-7-5-4-6-8-22/h4-14,17H,15-16,18H2,1-3H3,(H,26,28). The molecule has 0 aliphatic carbocycles. The second-order valence-corrected chi connectivity index (χ2v) is 9.56. The fourth-order valence-electron chi connectivity index (χ4n) is 3.30. The number of aryl methyl sites for hydroxylation is 3. The molecule has 162 valence electrons. The highest BCUT2D eigenvalue weighted by molar-refractivity contribution is 7.92. The lowest BCUT2D eigenvalue weighted by Crippen LogP contribution is -2.41. The molecule has 0 unspecified atom stereocenters. The van der Waals surface area contributed by atoms with E-state index in [9.17, 15) is 13.2 Å². The van der Waals surface area contributed by atoms with Gasteiger partial charge in [0.1, 0.15) is 6.54 Å². The van der Waals surface area contributed by atoms with Crippen LogP contribution in [0.25, 0.3) is 0 Å². The molecule has 0 bridgehead atoms. The SMILES string of the molecule is Cc1ccc(S(=O)(=O)N(CC(=O)NCCc2ccccc2)c2cc(C)ccc2C)cc1. The lowest BCUT2D eigenvalue weighted by Gasteiger charge is -2.26. The van der Waals surface area contributed by atoms with Crippen molar-refractivity contribution in [1.29, 1.82) is 0 Å². The third kappa shape index (κ3) is 5.73. The van der Waals surface area contributed by atoms with Gasteiger partial charge >= 0.3 is 0 Å². The molecular formula is C25H28N2O3S. The minimum absolute atomic E-state index is 0.163. The van der Waals surface area contributed by atoms with Crippen molar-refractivity contribution in [3.63, 3.8) is 0 Å². The lowest BCUT2D eigenvalue weighted by atomic mass is 10.1. The Kier molecular flexibility index (Phi) is 7.13. The van der Waals surface area contributed by atoms with Gasteiger partial charge in [-0.1, -0.05) is 60.2 Å². The molecule has 0 saturated heterocycles. The highest BCUT2D eigenvalue weighted by Gasteiger charge is 2.28. The number of nitrogens with zero attached hydrogens (tertiary/aromatic N) is 1. The zero-order valence-electron chi connectivity index (χ0n) is 18.1. The van der Waals surface area contributed by atoms with Crippen LogP contribution in [0.4, 0.5) is 5.69 Å². The van der Waals surface area contributed by atoms with Gasteiger partial charge in [0.25, 0.3) is 10.0 Å². The van der Waals surface area contributed by atoms with E-state index in [0.717, 1.165) is 22.3 Å². The molecule has 5 nitrogen and oxygen atoms in total. The van der Waals surface area contributed by atoms with Crippen LogP contribution in [0.5, 0.6) is 0 Å². The van der Waals surface area contributed by atoms with Gasteiger partial charge in [-0.05, 0) is 62.1 Å². The number of carbonyl (C=O) groups excluding carboxylic acids is 1. The molecule has 0 aliphatic heterocycles. The van der Waals surface area contributed by atoms with Crippen molar-refractivity contribution in [2.75, 3.05) is 17.4 Å². The Labute approximate surface area is 184 Å². The first-order valence-electron chi connectivity index (χ1n) is 10.2. The van der Waals surface area contributed by atoms with Crippen molar-refractivity contribution in [2.24, 2.45) is 0 Å². The second-order valence-electron chi connectivity index (χ2n) is 7.70. The van der Waals surface area contributed by atoms with Crippen LogP contribution in [-0.4, -0.2) is 27.4 Å². The van der Waals surface area contributed by atoms with Crippen LogP contribution in [0.3, 0.4) is 0 Å². The first kappa shape index (κ1) is 22.6. The molecule has 6 heteroatoms. The number of hydrogen-bond acceptors (Lipinski definition) is 3. The van der Waals surface area contributed by atoms with Gasteiger partial charge < -0.3 is 5.32 Å². The summed E-state index contributed by atoms with van der Waals surface area (Å²) in [5, 5.41) is 2.85. The summed E-state index contributed by atoms with van der Waals surface area (Å²) in [7, 11) is -3.91. The summed E-state index contributed by atoms with van der Waals surface area (Å²) in [6.07, 6.45) is 0.681. The number of nitrogens with one attached hydrogen (secondary N) is 1. The first-order valence-corrected chi connectivity index (χ1v) is 11.7. The number of rotatable bonds is 8. The minimum Gasteiger partial charge on any atom is -0.354 e. The third-order valence-corrected chi connectivity index (χ3v) is 6.88.